The van der Waals surface area contributed by atoms with Crippen LogP contribution in [0.4, 0.5) is 0 Å². The van der Waals surface area contributed by atoms with E-state index in [1.54, 1.807) is 11.8 Å². The third-order valence-electron chi connectivity index (χ3n) is 2.82. The first kappa shape index (κ1) is 13.1. The maximum Gasteiger partial charge on any atom is 0.133 e. The maximum atomic E-state index is 6.20. The molecule has 96 valence electrons. The van der Waals surface area contributed by atoms with Gasteiger partial charge in [-0.3, -0.25) is 4.68 Å². The fourth-order valence-corrected chi connectivity index (χ4v) is 2.42. The fraction of sp³-hybridized carbons (Fsp3) is 0.308. The molecule has 1 aromatic carbocycles. The monoisotopic (exact) mass is 309 g/mol. The van der Waals surface area contributed by atoms with Crippen molar-refractivity contribution in [2.75, 3.05) is 7.11 Å². The Morgan fingerprint density at radius 3 is 2.83 bits per heavy atom. The summed E-state index contributed by atoms with van der Waals surface area (Å²) in [5, 5.41) is 4.14. The normalized spacial score (nSPS) is 12.4. The molecule has 0 spiro atoms. The summed E-state index contributed by atoms with van der Waals surface area (Å²) in [4.78, 5) is 0. The molecule has 0 saturated carbocycles. The molecule has 2 rings (SSSR count). The summed E-state index contributed by atoms with van der Waals surface area (Å²) < 4.78 is 7.90. The van der Waals surface area contributed by atoms with E-state index >= 15 is 0 Å². The standard InChI is InChI=1S/C13H16BrN3O/c1-17-8-9(7-16-17)5-12(15)10-3-4-13(18-2)11(14)6-10/h3-4,6-8,12H,5,15H2,1-2H3. The molecule has 1 heterocycles. The Kier molecular flexibility index (Phi) is 4.04. The van der Waals surface area contributed by atoms with Gasteiger partial charge in [0.15, 0.2) is 0 Å². The number of halogens is 1. The molecular formula is C13H16BrN3O. The molecule has 4 nitrogen and oxygen atoms in total. The van der Waals surface area contributed by atoms with E-state index in [2.05, 4.69) is 21.0 Å². The van der Waals surface area contributed by atoms with E-state index in [0.717, 1.165) is 27.8 Å². The fourth-order valence-electron chi connectivity index (χ4n) is 1.86. The quantitative estimate of drug-likeness (QED) is 0.943. The maximum absolute atomic E-state index is 6.20. The summed E-state index contributed by atoms with van der Waals surface area (Å²) in [7, 11) is 3.55. The number of aryl methyl sites for hydroxylation is 1. The van der Waals surface area contributed by atoms with Gasteiger partial charge >= 0.3 is 0 Å². The third-order valence-corrected chi connectivity index (χ3v) is 3.44. The molecular weight excluding hydrogens is 294 g/mol. The van der Waals surface area contributed by atoms with Crippen LogP contribution < -0.4 is 10.5 Å². The van der Waals surface area contributed by atoms with Crippen LogP contribution in [-0.4, -0.2) is 16.9 Å². The van der Waals surface area contributed by atoms with Crippen LogP contribution in [0.1, 0.15) is 17.2 Å². The highest BCUT2D eigenvalue weighted by Gasteiger charge is 2.10. The highest BCUT2D eigenvalue weighted by Crippen LogP contribution is 2.28. The Hall–Kier alpha value is -1.33. The highest BCUT2D eigenvalue weighted by atomic mass is 79.9. The SMILES string of the molecule is COc1ccc(C(N)Cc2cnn(C)c2)cc1Br. The van der Waals surface area contributed by atoms with Crippen molar-refractivity contribution in [1.82, 2.24) is 9.78 Å². The van der Waals surface area contributed by atoms with E-state index in [-0.39, 0.29) is 6.04 Å². The number of hydrogen-bond acceptors (Lipinski definition) is 3. The molecule has 0 saturated heterocycles. The van der Waals surface area contributed by atoms with Crippen LogP contribution in [0.5, 0.6) is 5.75 Å². The van der Waals surface area contributed by atoms with Gasteiger partial charge in [0, 0.05) is 19.3 Å². The van der Waals surface area contributed by atoms with Gasteiger partial charge in [0.1, 0.15) is 5.75 Å². The number of benzene rings is 1. The minimum Gasteiger partial charge on any atom is -0.496 e. The second kappa shape index (κ2) is 5.54. The topological polar surface area (TPSA) is 53.1 Å². The molecule has 0 aliphatic heterocycles. The summed E-state index contributed by atoms with van der Waals surface area (Å²) in [6, 6.07) is 5.86. The average molecular weight is 310 g/mol. The zero-order valence-corrected chi connectivity index (χ0v) is 12.0. The molecule has 0 bridgehead atoms. The van der Waals surface area contributed by atoms with Gasteiger partial charge in [0.25, 0.3) is 0 Å². The second-order valence-corrected chi connectivity index (χ2v) is 5.08. The lowest BCUT2D eigenvalue weighted by molar-refractivity contribution is 0.412. The molecule has 0 aliphatic rings. The summed E-state index contributed by atoms with van der Waals surface area (Å²) in [5.74, 6) is 0.812. The lowest BCUT2D eigenvalue weighted by atomic mass is 10.0. The lowest BCUT2D eigenvalue weighted by Crippen LogP contribution is -2.13. The van der Waals surface area contributed by atoms with Crippen LogP contribution in [0, 0.1) is 0 Å². The van der Waals surface area contributed by atoms with E-state index in [9.17, 15) is 0 Å². The lowest BCUT2D eigenvalue weighted by Gasteiger charge is -2.12. The van der Waals surface area contributed by atoms with Crippen LogP contribution >= 0.6 is 15.9 Å². The first-order valence-electron chi connectivity index (χ1n) is 5.66. The minimum absolute atomic E-state index is 0.0450. The van der Waals surface area contributed by atoms with E-state index in [4.69, 9.17) is 10.5 Å². The predicted octanol–water partition coefficient (Wildman–Crippen LogP) is 2.43. The molecule has 0 aliphatic carbocycles. The predicted molar refractivity (Wildman–Crippen MR) is 74.5 cm³/mol. The Morgan fingerprint density at radius 1 is 1.50 bits per heavy atom. The van der Waals surface area contributed by atoms with Crippen molar-refractivity contribution in [3.8, 4) is 5.75 Å². The van der Waals surface area contributed by atoms with Gasteiger partial charge in [-0.1, -0.05) is 6.07 Å². The second-order valence-electron chi connectivity index (χ2n) is 4.23. The third kappa shape index (κ3) is 2.91. The van der Waals surface area contributed by atoms with Gasteiger partial charge in [0.05, 0.1) is 17.8 Å². The number of aromatic nitrogens is 2. The Balaban J connectivity index is 2.13. The molecule has 1 unspecified atom stereocenters. The summed E-state index contributed by atoms with van der Waals surface area (Å²) in [6.45, 7) is 0. The summed E-state index contributed by atoms with van der Waals surface area (Å²) in [6.07, 6.45) is 4.60. The Morgan fingerprint density at radius 2 is 2.28 bits per heavy atom. The number of nitrogens with two attached hydrogens (primary N) is 1. The van der Waals surface area contributed by atoms with Gasteiger partial charge in [-0.2, -0.15) is 5.10 Å². The first-order chi connectivity index (χ1) is 8.60. The molecule has 5 heteroatoms. The van der Waals surface area contributed by atoms with Gasteiger partial charge < -0.3 is 10.5 Å². The molecule has 18 heavy (non-hydrogen) atoms. The average Bonchev–Trinajstić information content (AvgIpc) is 2.74. The number of hydrogen-bond donors (Lipinski definition) is 1. The summed E-state index contributed by atoms with van der Waals surface area (Å²) >= 11 is 3.47. The molecule has 2 N–H and O–H groups in total. The first-order valence-corrected chi connectivity index (χ1v) is 6.46. The van der Waals surface area contributed by atoms with Crippen LogP contribution in [-0.2, 0) is 13.5 Å². The van der Waals surface area contributed by atoms with Crippen LogP contribution in [0.15, 0.2) is 35.1 Å². The van der Waals surface area contributed by atoms with E-state index < -0.39 is 0 Å². The van der Waals surface area contributed by atoms with Crippen molar-refractivity contribution in [3.05, 3.63) is 46.2 Å². The minimum atomic E-state index is -0.0450. The number of methoxy groups -OCH3 is 1. The van der Waals surface area contributed by atoms with E-state index in [0.29, 0.717) is 0 Å². The van der Waals surface area contributed by atoms with Crippen molar-refractivity contribution in [2.24, 2.45) is 12.8 Å². The van der Waals surface area contributed by atoms with Crippen molar-refractivity contribution >= 4 is 15.9 Å². The molecule has 1 aromatic heterocycles. The molecule has 1 atom stereocenters. The number of ether oxygens (including phenoxy) is 1. The molecule has 0 fully saturated rings. The number of rotatable bonds is 4. The van der Waals surface area contributed by atoms with E-state index in [1.165, 1.54) is 0 Å². The van der Waals surface area contributed by atoms with Crippen molar-refractivity contribution in [3.63, 3.8) is 0 Å². The van der Waals surface area contributed by atoms with Gasteiger partial charge in [-0.05, 0) is 45.6 Å². The van der Waals surface area contributed by atoms with Crippen LogP contribution in [0.25, 0.3) is 0 Å². The Bertz CT molecular complexity index is 539. The van der Waals surface area contributed by atoms with Gasteiger partial charge in [-0.25, -0.2) is 0 Å². The molecule has 0 radical (unpaired) electrons. The van der Waals surface area contributed by atoms with Crippen LogP contribution in [0.3, 0.4) is 0 Å². The van der Waals surface area contributed by atoms with Crippen LogP contribution in [0.2, 0.25) is 0 Å². The largest absolute Gasteiger partial charge is 0.496 e. The smallest absolute Gasteiger partial charge is 0.133 e. The van der Waals surface area contributed by atoms with Crippen molar-refractivity contribution in [1.29, 1.82) is 0 Å². The highest BCUT2D eigenvalue weighted by molar-refractivity contribution is 9.10. The Labute approximate surface area is 115 Å². The summed E-state index contributed by atoms with van der Waals surface area (Å²) in [5.41, 5.74) is 8.41. The van der Waals surface area contributed by atoms with Crippen molar-refractivity contribution < 1.29 is 4.74 Å². The number of nitrogens with zero attached hydrogens (tertiary/aromatic N) is 2. The molecule has 0 amide bonds. The van der Waals surface area contributed by atoms with Gasteiger partial charge in [-0.15, -0.1) is 0 Å². The van der Waals surface area contributed by atoms with Gasteiger partial charge in [0.2, 0.25) is 0 Å². The molecule has 2 aromatic rings. The van der Waals surface area contributed by atoms with E-state index in [1.807, 2.05) is 37.6 Å². The van der Waals surface area contributed by atoms with Crippen molar-refractivity contribution in [2.45, 2.75) is 12.5 Å². The zero-order valence-electron chi connectivity index (χ0n) is 10.4. The zero-order chi connectivity index (χ0) is 13.1.